The number of aromatic nitrogens is 4. The summed E-state index contributed by atoms with van der Waals surface area (Å²) in [7, 11) is 0. The molecule has 3 rings (SSSR count). The second kappa shape index (κ2) is 6.48. The summed E-state index contributed by atoms with van der Waals surface area (Å²) in [6, 6.07) is 4.28. The minimum Gasteiger partial charge on any atom is -0.462 e. The number of pyridine rings is 1. The Bertz CT molecular complexity index is 653. The van der Waals surface area contributed by atoms with Crippen molar-refractivity contribution in [2.24, 2.45) is 0 Å². The van der Waals surface area contributed by atoms with E-state index in [-0.39, 0.29) is 17.8 Å². The molecule has 2 heterocycles. The Balaban J connectivity index is 1.78. The maximum atomic E-state index is 11.7. The largest absolute Gasteiger partial charge is 0.462 e. The number of nitrogens with zero attached hydrogens (tertiary/aromatic N) is 4. The van der Waals surface area contributed by atoms with E-state index in [2.05, 4.69) is 19.7 Å². The van der Waals surface area contributed by atoms with E-state index in [0.717, 1.165) is 29.4 Å². The smallest absolute Gasteiger partial charge is 0.316 e. The molecule has 1 saturated carbocycles. The SMILES string of the molecule is CC(C)OC(=O)CSc1nnc(-c2cccnc2)n1C1CC1. The van der Waals surface area contributed by atoms with Gasteiger partial charge in [0.25, 0.3) is 0 Å². The number of hydrogen-bond donors (Lipinski definition) is 0. The molecule has 0 unspecified atom stereocenters. The zero-order chi connectivity index (χ0) is 15.5. The van der Waals surface area contributed by atoms with Gasteiger partial charge in [-0.25, -0.2) is 0 Å². The zero-order valence-electron chi connectivity index (χ0n) is 12.6. The summed E-state index contributed by atoms with van der Waals surface area (Å²) in [4.78, 5) is 15.8. The van der Waals surface area contributed by atoms with Crippen LogP contribution in [0.3, 0.4) is 0 Å². The van der Waals surface area contributed by atoms with Gasteiger partial charge in [0.1, 0.15) is 0 Å². The molecule has 0 spiro atoms. The van der Waals surface area contributed by atoms with Gasteiger partial charge in [-0.15, -0.1) is 10.2 Å². The van der Waals surface area contributed by atoms with Gasteiger partial charge in [0.2, 0.25) is 0 Å². The van der Waals surface area contributed by atoms with Crippen molar-refractivity contribution in [3.05, 3.63) is 24.5 Å². The minimum atomic E-state index is -0.228. The summed E-state index contributed by atoms with van der Waals surface area (Å²) in [6.07, 6.45) is 5.66. The van der Waals surface area contributed by atoms with E-state index in [1.807, 2.05) is 26.0 Å². The molecule has 0 saturated heterocycles. The molecule has 2 aromatic rings. The van der Waals surface area contributed by atoms with Gasteiger partial charge < -0.3 is 4.74 Å². The Morgan fingerprint density at radius 3 is 2.91 bits per heavy atom. The topological polar surface area (TPSA) is 69.9 Å². The maximum Gasteiger partial charge on any atom is 0.316 e. The van der Waals surface area contributed by atoms with Crippen LogP contribution in [0.25, 0.3) is 11.4 Å². The average Bonchev–Trinajstić information content (AvgIpc) is 3.25. The lowest BCUT2D eigenvalue weighted by molar-refractivity contribution is -0.144. The summed E-state index contributed by atoms with van der Waals surface area (Å²) >= 11 is 1.38. The summed E-state index contributed by atoms with van der Waals surface area (Å²) in [5, 5.41) is 9.30. The lowest BCUT2D eigenvalue weighted by Gasteiger charge is -2.09. The van der Waals surface area contributed by atoms with Crippen molar-refractivity contribution in [1.29, 1.82) is 0 Å². The first-order chi connectivity index (χ1) is 10.6. The molecule has 2 aromatic heterocycles. The first-order valence-electron chi connectivity index (χ1n) is 7.32. The van der Waals surface area contributed by atoms with E-state index in [1.165, 1.54) is 11.8 Å². The number of hydrogen-bond acceptors (Lipinski definition) is 6. The third kappa shape index (κ3) is 3.47. The Morgan fingerprint density at radius 1 is 1.45 bits per heavy atom. The van der Waals surface area contributed by atoms with Crippen molar-refractivity contribution in [2.75, 3.05) is 5.75 Å². The van der Waals surface area contributed by atoms with Crippen LogP contribution in [0.5, 0.6) is 0 Å². The summed E-state index contributed by atoms with van der Waals surface area (Å²) in [5.41, 5.74) is 0.943. The molecule has 0 radical (unpaired) electrons. The summed E-state index contributed by atoms with van der Waals surface area (Å²) in [5.74, 6) is 0.833. The Morgan fingerprint density at radius 2 is 2.27 bits per heavy atom. The van der Waals surface area contributed by atoms with Crippen LogP contribution in [0.4, 0.5) is 0 Å². The molecule has 0 N–H and O–H groups in total. The molecule has 7 heteroatoms. The van der Waals surface area contributed by atoms with E-state index in [9.17, 15) is 4.79 Å². The number of esters is 1. The van der Waals surface area contributed by atoms with Gasteiger partial charge in [-0.05, 0) is 38.8 Å². The van der Waals surface area contributed by atoms with Crippen LogP contribution in [-0.4, -0.2) is 37.6 Å². The molecule has 0 aliphatic heterocycles. The van der Waals surface area contributed by atoms with Gasteiger partial charge in [-0.3, -0.25) is 14.3 Å². The third-order valence-corrected chi connectivity index (χ3v) is 4.10. The Kier molecular flexibility index (Phi) is 4.42. The Hall–Kier alpha value is -1.89. The van der Waals surface area contributed by atoms with Crippen LogP contribution in [0.1, 0.15) is 32.7 Å². The van der Waals surface area contributed by atoms with E-state index >= 15 is 0 Å². The second-order valence-electron chi connectivity index (χ2n) is 5.48. The molecule has 1 aliphatic rings. The molecule has 1 fully saturated rings. The van der Waals surface area contributed by atoms with E-state index in [4.69, 9.17) is 4.74 Å². The first kappa shape index (κ1) is 15.0. The van der Waals surface area contributed by atoms with Gasteiger partial charge >= 0.3 is 5.97 Å². The van der Waals surface area contributed by atoms with Crippen molar-refractivity contribution in [3.63, 3.8) is 0 Å². The van der Waals surface area contributed by atoms with Gasteiger partial charge in [-0.2, -0.15) is 0 Å². The van der Waals surface area contributed by atoms with Crippen LogP contribution in [0.2, 0.25) is 0 Å². The standard InChI is InChI=1S/C15H18N4O2S/c1-10(2)21-13(20)9-22-15-18-17-14(19(15)12-5-6-12)11-4-3-7-16-8-11/h3-4,7-8,10,12H,5-6,9H2,1-2H3. The molecule has 6 nitrogen and oxygen atoms in total. The molecular weight excluding hydrogens is 300 g/mol. The number of ether oxygens (including phenoxy) is 1. The zero-order valence-corrected chi connectivity index (χ0v) is 13.4. The summed E-state index contributed by atoms with van der Waals surface area (Å²) in [6.45, 7) is 3.69. The Labute approximate surface area is 133 Å². The lowest BCUT2D eigenvalue weighted by Crippen LogP contribution is -2.13. The fraction of sp³-hybridized carbons (Fsp3) is 0.467. The van der Waals surface area contributed by atoms with Crippen LogP contribution in [0.15, 0.2) is 29.7 Å². The molecule has 0 amide bonds. The fourth-order valence-corrected chi connectivity index (χ4v) is 2.94. The highest BCUT2D eigenvalue weighted by Gasteiger charge is 2.30. The van der Waals surface area contributed by atoms with E-state index < -0.39 is 0 Å². The predicted molar refractivity (Wildman–Crippen MR) is 83.5 cm³/mol. The number of rotatable bonds is 6. The van der Waals surface area contributed by atoms with Crippen LogP contribution in [-0.2, 0) is 9.53 Å². The van der Waals surface area contributed by atoms with Crippen LogP contribution >= 0.6 is 11.8 Å². The van der Waals surface area contributed by atoms with Gasteiger partial charge in [0.05, 0.1) is 11.9 Å². The van der Waals surface area contributed by atoms with Crippen molar-refractivity contribution in [1.82, 2.24) is 19.7 Å². The van der Waals surface area contributed by atoms with Gasteiger partial charge in [0, 0.05) is 24.0 Å². The maximum absolute atomic E-state index is 11.7. The van der Waals surface area contributed by atoms with Crippen molar-refractivity contribution in [3.8, 4) is 11.4 Å². The molecular formula is C15H18N4O2S. The summed E-state index contributed by atoms with van der Waals surface area (Å²) < 4.78 is 7.27. The molecule has 22 heavy (non-hydrogen) atoms. The van der Waals surface area contributed by atoms with Crippen LogP contribution in [0, 0.1) is 0 Å². The van der Waals surface area contributed by atoms with E-state index in [0.29, 0.717) is 6.04 Å². The average molecular weight is 318 g/mol. The van der Waals surface area contributed by atoms with Gasteiger partial charge in [-0.1, -0.05) is 11.8 Å². The molecule has 116 valence electrons. The molecule has 0 aromatic carbocycles. The fourth-order valence-electron chi connectivity index (χ4n) is 2.15. The number of thioether (sulfide) groups is 1. The first-order valence-corrected chi connectivity index (χ1v) is 8.31. The quantitative estimate of drug-likeness (QED) is 0.602. The number of carbonyl (C=O) groups is 1. The lowest BCUT2D eigenvalue weighted by atomic mass is 10.3. The normalized spacial score (nSPS) is 14.3. The highest BCUT2D eigenvalue weighted by molar-refractivity contribution is 7.99. The van der Waals surface area contributed by atoms with Crippen molar-refractivity contribution >= 4 is 17.7 Å². The second-order valence-corrected chi connectivity index (χ2v) is 6.42. The predicted octanol–water partition coefficient (Wildman–Crippen LogP) is 2.72. The molecule has 1 aliphatic carbocycles. The molecule has 0 atom stereocenters. The highest BCUT2D eigenvalue weighted by Crippen LogP contribution is 2.40. The van der Waals surface area contributed by atoms with Crippen molar-refractivity contribution < 1.29 is 9.53 Å². The molecule has 0 bridgehead atoms. The monoisotopic (exact) mass is 318 g/mol. The minimum absolute atomic E-state index is 0.0969. The highest BCUT2D eigenvalue weighted by atomic mass is 32.2. The van der Waals surface area contributed by atoms with Gasteiger partial charge in [0.15, 0.2) is 11.0 Å². The van der Waals surface area contributed by atoms with Crippen LogP contribution < -0.4 is 0 Å². The van der Waals surface area contributed by atoms with Crippen molar-refractivity contribution in [2.45, 2.75) is 44.0 Å². The third-order valence-electron chi connectivity index (χ3n) is 3.18. The number of carbonyl (C=O) groups excluding carboxylic acids is 1. The van der Waals surface area contributed by atoms with E-state index in [1.54, 1.807) is 12.4 Å².